The molecule has 2 N–H and O–H groups in total. The zero-order chi connectivity index (χ0) is 14.0. The summed E-state index contributed by atoms with van der Waals surface area (Å²) in [5.74, 6) is -0.544. The van der Waals surface area contributed by atoms with E-state index in [1.54, 1.807) is 38.2 Å². The molecule has 6 nitrogen and oxygen atoms in total. The van der Waals surface area contributed by atoms with Crippen LogP contribution < -0.4 is 10.9 Å². The topological polar surface area (TPSA) is 83.7 Å². The van der Waals surface area contributed by atoms with Crippen LogP contribution in [0.15, 0.2) is 35.4 Å². The van der Waals surface area contributed by atoms with Crippen LogP contribution >= 0.6 is 0 Å². The third-order valence-corrected chi connectivity index (χ3v) is 2.54. The molecule has 0 aliphatic rings. The second kappa shape index (κ2) is 4.81. The maximum Gasteiger partial charge on any atom is 0.270 e. The van der Waals surface area contributed by atoms with Crippen LogP contribution in [0.25, 0.3) is 5.65 Å². The fraction of sp³-hybridized carbons (Fsp3) is 0.308. The molecule has 0 aromatic carbocycles. The molecule has 1 amide bonds. The Bertz CT molecular complexity index is 671. The van der Waals surface area contributed by atoms with E-state index >= 15 is 0 Å². The number of rotatable bonds is 3. The van der Waals surface area contributed by atoms with Gasteiger partial charge in [0.05, 0.1) is 5.60 Å². The highest BCUT2D eigenvalue weighted by molar-refractivity contribution is 5.93. The van der Waals surface area contributed by atoms with Gasteiger partial charge in [0.15, 0.2) is 0 Å². The van der Waals surface area contributed by atoms with Crippen molar-refractivity contribution in [2.75, 3.05) is 6.54 Å². The van der Waals surface area contributed by atoms with E-state index in [1.807, 2.05) is 0 Å². The number of hydrogen-bond acceptors (Lipinski definition) is 4. The third kappa shape index (κ3) is 2.97. The van der Waals surface area contributed by atoms with E-state index in [1.165, 1.54) is 10.6 Å². The lowest BCUT2D eigenvalue weighted by atomic mass is 10.1. The third-order valence-electron chi connectivity index (χ3n) is 2.54. The zero-order valence-corrected chi connectivity index (χ0v) is 10.8. The van der Waals surface area contributed by atoms with Gasteiger partial charge in [-0.25, -0.2) is 4.98 Å². The van der Waals surface area contributed by atoms with Gasteiger partial charge >= 0.3 is 0 Å². The SMILES string of the molecule is CC(C)(O)CNC(=O)c1cnc2ccccn2c1=O. The van der Waals surface area contributed by atoms with Crippen molar-refractivity contribution in [3.8, 4) is 0 Å². The molecule has 6 heteroatoms. The molecule has 0 fully saturated rings. The fourth-order valence-corrected chi connectivity index (χ4v) is 1.57. The van der Waals surface area contributed by atoms with E-state index in [9.17, 15) is 14.7 Å². The van der Waals surface area contributed by atoms with Gasteiger partial charge in [-0.05, 0) is 26.0 Å². The Morgan fingerprint density at radius 2 is 2.21 bits per heavy atom. The highest BCUT2D eigenvalue weighted by Crippen LogP contribution is 2.00. The molecule has 2 aromatic heterocycles. The minimum atomic E-state index is -1.03. The summed E-state index contributed by atoms with van der Waals surface area (Å²) in [6.07, 6.45) is 2.80. The molecule has 0 unspecified atom stereocenters. The van der Waals surface area contributed by atoms with Gasteiger partial charge in [0.2, 0.25) is 0 Å². The number of pyridine rings is 1. The molecule has 0 saturated carbocycles. The summed E-state index contributed by atoms with van der Waals surface area (Å²) in [5.41, 5.74) is -1.03. The minimum Gasteiger partial charge on any atom is -0.389 e. The summed E-state index contributed by atoms with van der Waals surface area (Å²) < 4.78 is 1.30. The number of carbonyl (C=O) groups excluding carboxylic acids is 1. The molecule has 0 aliphatic heterocycles. The van der Waals surface area contributed by atoms with E-state index in [0.717, 1.165) is 0 Å². The standard InChI is InChI=1S/C13H15N3O3/c1-13(2,19)8-15-11(17)9-7-14-10-5-3-4-6-16(10)12(9)18/h3-7,19H,8H2,1-2H3,(H,15,17). The number of aromatic nitrogens is 2. The minimum absolute atomic E-state index is 0.0482. The van der Waals surface area contributed by atoms with E-state index in [4.69, 9.17) is 0 Å². The Morgan fingerprint density at radius 3 is 2.89 bits per heavy atom. The van der Waals surface area contributed by atoms with Crippen LogP contribution in [0.3, 0.4) is 0 Å². The molecule has 0 bridgehead atoms. The van der Waals surface area contributed by atoms with Gasteiger partial charge in [0, 0.05) is 18.9 Å². The number of nitrogens with zero attached hydrogens (tertiary/aromatic N) is 2. The average Bonchev–Trinajstić information content (AvgIpc) is 2.36. The molecule has 2 aromatic rings. The van der Waals surface area contributed by atoms with Gasteiger partial charge in [-0.3, -0.25) is 14.0 Å². The smallest absolute Gasteiger partial charge is 0.270 e. The van der Waals surface area contributed by atoms with E-state index in [2.05, 4.69) is 10.3 Å². The van der Waals surface area contributed by atoms with Crippen LogP contribution in [0, 0.1) is 0 Å². The molecular formula is C13H15N3O3. The second-order valence-corrected chi connectivity index (χ2v) is 4.90. The largest absolute Gasteiger partial charge is 0.389 e. The Labute approximate surface area is 109 Å². The molecule has 100 valence electrons. The Morgan fingerprint density at radius 1 is 1.47 bits per heavy atom. The molecule has 0 spiro atoms. The molecule has 0 atom stereocenters. The molecule has 2 heterocycles. The van der Waals surface area contributed by atoms with Gasteiger partial charge in [0.25, 0.3) is 11.5 Å². The normalized spacial score (nSPS) is 11.5. The Balaban J connectivity index is 2.33. The molecular weight excluding hydrogens is 246 g/mol. The number of hydrogen-bond donors (Lipinski definition) is 2. The summed E-state index contributed by atoms with van der Waals surface area (Å²) in [5, 5.41) is 12.0. The van der Waals surface area contributed by atoms with Crippen molar-refractivity contribution in [3.63, 3.8) is 0 Å². The molecule has 0 saturated heterocycles. The van der Waals surface area contributed by atoms with Crippen molar-refractivity contribution >= 4 is 11.6 Å². The lowest BCUT2D eigenvalue weighted by Gasteiger charge is -2.17. The van der Waals surface area contributed by atoms with Crippen LogP contribution in [0.2, 0.25) is 0 Å². The van der Waals surface area contributed by atoms with Gasteiger partial charge in [-0.1, -0.05) is 6.07 Å². The number of aliphatic hydroxyl groups is 1. The van der Waals surface area contributed by atoms with Gasteiger partial charge in [-0.2, -0.15) is 0 Å². The second-order valence-electron chi connectivity index (χ2n) is 4.90. The van der Waals surface area contributed by atoms with Gasteiger partial charge in [-0.15, -0.1) is 0 Å². The fourth-order valence-electron chi connectivity index (χ4n) is 1.57. The quantitative estimate of drug-likeness (QED) is 0.826. The molecule has 0 aliphatic carbocycles. The van der Waals surface area contributed by atoms with Crippen molar-refractivity contribution in [1.29, 1.82) is 0 Å². The monoisotopic (exact) mass is 261 g/mol. The van der Waals surface area contributed by atoms with Crippen molar-refractivity contribution in [2.45, 2.75) is 19.4 Å². The number of carbonyl (C=O) groups is 1. The Kier molecular flexibility index (Phi) is 3.35. The number of amides is 1. The highest BCUT2D eigenvalue weighted by atomic mass is 16.3. The molecule has 19 heavy (non-hydrogen) atoms. The van der Waals surface area contributed by atoms with Crippen molar-refractivity contribution in [3.05, 3.63) is 46.5 Å². The Hall–Kier alpha value is -2.21. The summed E-state index contributed by atoms with van der Waals surface area (Å²) in [6, 6.07) is 5.13. The van der Waals surface area contributed by atoms with Crippen molar-refractivity contribution in [2.24, 2.45) is 0 Å². The average molecular weight is 261 g/mol. The zero-order valence-electron chi connectivity index (χ0n) is 10.8. The van der Waals surface area contributed by atoms with E-state index in [-0.39, 0.29) is 12.1 Å². The first-order valence-corrected chi connectivity index (χ1v) is 5.85. The van der Waals surface area contributed by atoms with Gasteiger partial charge < -0.3 is 10.4 Å². The lowest BCUT2D eigenvalue weighted by Crippen LogP contribution is -2.40. The first-order chi connectivity index (χ1) is 8.88. The summed E-state index contributed by atoms with van der Waals surface area (Å²) in [7, 11) is 0. The lowest BCUT2D eigenvalue weighted by molar-refractivity contribution is 0.0693. The number of nitrogens with one attached hydrogen (secondary N) is 1. The van der Waals surface area contributed by atoms with Crippen LogP contribution in [0.1, 0.15) is 24.2 Å². The summed E-state index contributed by atoms with van der Waals surface area (Å²) >= 11 is 0. The first kappa shape index (κ1) is 13.2. The van der Waals surface area contributed by atoms with Crippen LogP contribution in [0.5, 0.6) is 0 Å². The molecule has 2 rings (SSSR count). The first-order valence-electron chi connectivity index (χ1n) is 5.85. The summed E-state index contributed by atoms with van der Waals surface area (Å²) in [6.45, 7) is 3.19. The summed E-state index contributed by atoms with van der Waals surface area (Å²) in [4.78, 5) is 28.0. The van der Waals surface area contributed by atoms with E-state index < -0.39 is 17.1 Å². The van der Waals surface area contributed by atoms with E-state index in [0.29, 0.717) is 5.65 Å². The van der Waals surface area contributed by atoms with Crippen LogP contribution in [0.4, 0.5) is 0 Å². The predicted octanol–water partition coefficient (Wildman–Crippen LogP) is 0.195. The maximum atomic E-state index is 12.1. The van der Waals surface area contributed by atoms with Crippen molar-refractivity contribution in [1.82, 2.24) is 14.7 Å². The van der Waals surface area contributed by atoms with Crippen molar-refractivity contribution < 1.29 is 9.90 Å². The van der Waals surface area contributed by atoms with Crippen LogP contribution in [-0.2, 0) is 0 Å². The molecule has 0 radical (unpaired) electrons. The highest BCUT2D eigenvalue weighted by Gasteiger charge is 2.17. The van der Waals surface area contributed by atoms with Crippen LogP contribution in [-0.4, -0.2) is 32.5 Å². The van der Waals surface area contributed by atoms with Gasteiger partial charge in [0.1, 0.15) is 11.2 Å². The number of fused-ring (bicyclic) bond motifs is 1. The maximum absolute atomic E-state index is 12.1. The predicted molar refractivity (Wildman–Crippen MR) is 70.1 cm³/mol.